The molecule has 2 heterocycles. The minimum absolute atomic E-state index is 0.0675. The van der Waals surface area contributed by atoms with Crippen LogP contribution in [0.4, 0.5) is 4.39 Å². The van der Waals surface area contributed by atoms with Crippen molar-refractivity contribution in [2.45, 2.75) is 43.3 Å². The SMILES string of the molecule is CC(C)(F)CNS(=O)(=O)c1c2c(cc3cnccc13)CC(NC1=CC(=O)OC1)C2. The van der Waals surface area contributed by atoms with Gasteiger partial charge in [0.05, 0.1) is 10.6 Å². The summed E-state index contributed by atoms with van der Waals surface area (Å²) in [6.07, 6.45) is 5.65. The summed E-state index contributed by atoms with van der Waals surface area (Å²) in [5.74, 6) is -0.388. The van der Waals surface area contributed by atoms with Gasteiger partial charge in [-0.05, 0) is 49.9 Å². The van der Waals surface area contributed by atoms with Crippen LogP contribution in [-0.4, -0.2) is 44.2 Å². The zero-order valence-electron chi connectivity index (χ0n) is 16.2. The molecule has 0 bridgehead atoms. The molecule has 9 heteroatoms. The van der Waals surface area contributed by atoms with E-state index in [0.29, 0.717) is 34.9 Å². The second kappa shape index (κ2) is 7.07. The summed E-state index contributed by atoms with van der Waals surface area (Å²) in [6, 6.07) is 3.54. The van der Waals surface area contributed by atoms with Crippen molar-refractivity contribution in [2.24, 2.45) is 0 Å². The molecule has 1 aliphatic carbocycles. The van der Waals surface area contributed by atoms with E-state index in [9.17, 15) is 17.6 Å². The van der Waals surface area contributed by atoms with Crippen molar-refractivity contribution in [2.75, 3.05) is 13.2 Å². The van der Waals surface area contributed by atoms with Crippen LogP contribution in [0, 0.1) is 0 Å². The first-order valence-electron chi connectivity index (χ1n) is 9.33. The Balaban J connectivity index is 1.73. The molecule has 1 atom stereocenters. The van der Waals surface area contributed by atoms with Crippen LogP contribution in [0.3, 0.4) is 0 Å². The topological polar surface area (TPSA) is 97.4 Å². The summed E-state index contributed by atoms with van der Waals surface area (Å²) >= 11 is 0. The van der Waals surface area contributed by atoms with Gasteiger partial charge in [-0.25, -0.2) is 22.3 Å². The minimum Gasteiger partial charge on any atom is -0.456 e. The summed E-state index contributed by atoms with van der Waals surface area (Å²) < 4.78 is 47.6. The molecule has 0 spiro atoms. The molecule has 7 nitrogen and oxygen atoms in total. The van der Waals surface area contributed by atoms with Crippen LogP contribution in [-0.2, 0) is 32.4 Å². The Bertz CT molecular complexity index is 1120. The van der Waals surface area contributed by atoms with Gasteiger partial charge < -0.3 is 10.1 Å². The van der Waals surface area contributed by atoms with E-state index in [-0.39, 0.29) is 30.1 Å². The number of sulfonamides is 1. The van der Waals surface area contributed by atoms with Crippen molar-refractivity contribution in [1.82, 2.24) is 15.0 Å². The number of hydrogen-bond acceptors (Lipinski definition) is 6. The number of halogens is 1. The van der Waals surface area contributed by atoms with Crippen molar-refractivity contribution in [3.63, 3.8) is 0 Å². The molecule has 1 aromatic heterocycles. The van der Waals surface area contributed by atoms with Gasteiger partial charge in [-0.1, -0.05) is 0 Å². The second-order valence-corrected chi connectivity index (χ2v) is 9.71. The lowest BCUT2D eigenvalue weighted by molar-refractivity contribution is -0.134. The first-order valence-corrected chi connectivity index (χ1v) is 10.8. The predicted molar refractivity (Wildman–Crippen MR) is 105 cm³/mol. The fourth-order valence-corrected chi connectivity index (χ4v) is 5.46. The van der Waals surface area contributed by atoms with E-state index in [4.69, 9.17) is 4.74 Å². The summed E-state index contributed by atoms with van der Waals surface area (Å²) in [6.45, 7) is 2.52. The Labute approximate surface area is 168 Å². The third-order valence-electron chi connectivity index (χ3n) is 5.01. The zero-order valence-corrected chi connectivity index (χ0v) is 17.0. The van der Waals surface area contributed by atoms with Gasteiger partial charge in [0.15, 0.2) is 0 Å². The normalized spacial score (nSPS) is 19.2. The third kappa shape index (κ3) is 4.11. The first kappa shape index (κ1) is 19.8. The maximum atomic E-state index is 14.0. The number of rotatable bonds is 6. The molecule has 29 heavy (non-hydrogen) atoms. The lowest BCUT2D eigenvalue weighted by atomic mass is 10.0. The van der Waals surface area contributed by atoms with Crippen molar-refractivity contribution in [3.8, 4) is 0 Å². The van der Waals surface area contributed by atoms with E-state index in [2.05, 4.69) is 15.0 Å². The second-order valence-electron chi connectivity index (χ2n) is 8.01. The van der Waals surface area contributed by atoms with Crippen LogP contribution in [0.15, 0.2) is 41.2 Å². The standard InChI is InChI=1S/C20H22FN3O4S/c1-20(2,21)11-23-29(26,27)19-16-3-4-22-9-13(16)5-12-6-14(7-17(12)19)24-15-8-18(25)28-10-15/h3-5,8-9,14,23-24H,6-7,10-11H2,1-2H3. The number of hydrogen-bond donors (Lipinski definition) is 2. The molecule has 0 radical (unpaired) electrons. The molecule has 1 aromatic carbocycles. The molecule has 2 aliphatic rings. The maximum Gasteiger partial charge on any atom is 0.333 e. The molecule has 0 saturated heterocycles. The molecular weight excluding hydrogens is 397 g/mol. The van der Waals surface area contributed by atoms with Gasteiger partial charge in [-0.2, -0.15) is 0 Å². The number of benzene rings is 1. The van der Waals surface area contributed by atoms with Crippen molar-refractivity contribution in [3.05, 3.63) is 47.4 Å². The number of cyclic esters (lactones) is 1. The largest absolute Gasteiger partial charge is 0.456 e. The molecule has 2 aromatic rings. The Morgan fingerprint density at radius 3 is 2.83 bits per heavy atom. The highest BCUT2D eigenvalue weighted by atomic mass is 32.2. The molecule has 0 saturated carbocycles. The number of pyridine rings is 1. The van der Waals surface area contributed by atoms with Gasteiger partial charge in [-0.3, -0.25) is 4.98 Å². The molecule has 1 aliphatic heterocycles. The first-order chi connectivity index (χ1) is 13.6. The highest BCUT2D eigenvalue weighted by molar-refractivity contribution is 7.89. The van der Waals surface area contributed by atoms with Crippen LogP contribution < -0.4 is 10.0 Å². The quantitative estimate of drug-likeness (QED) is 0.693. The number of alkyl halides is 1. The summed E-state index contributed by atoms with van der Waals surface area (Å²) in [5, 5.41) is 4.54. The number of aromatic nitrogens is 1. The monoisotopic (exact) mass is 419 g/mol. The Kier molecular flexibility index (Phi) is 4.82. The van der Waals surface area contributed by atoms with E-state index in [1.807, 2.05) is 6.07 Å². The number of fused-ring (bicyclic) bond motifs is 2. The Morgan fingerprint density at radius 2 is 2.14 bits per heavy atom. The van der Waals surface area contributed by atoms with Crippen LogP contribution >= 0.6 is 0 Å². The Hall–Kier alpha value is -2.52. The number of carbonyl (C=O) groups excluding carboxylic acids is 1. The summed E-state index contributed by atoms with van der Waals surface area (Å²) in [7, 11) is -3.94. The summed E-state index contributed by atoms with van der Waals surface area (Å²) in [5.41, 5.74) is 0.610. The average molecular weight is 419 g/mol. The lowest BCUT2D eigenvalue weighted by Gasteiger charge is -2.18. The zero-order chi connectivity index (χ0) is 20.8. The van der Waals surface area contributed by atoms with Crippen molar-refractivity contribution < 1.29 is 22.3 Å². The fraction of sp³-hybridized carbons (Fsp3) is 0.400. The lowest BCUT2D eigenvalue weighted by Crippen LogP contribution is -2.36. The fourth-order valence-electron chi connectivity index (χ4n) is 3.77. The van der Waals surface area contributed by atoms with E-state index >= 15 is 0 Å². The molecule has 4 rings (SSSR count). The van der Waals surface area contributed by atoms with E-state index in [1.165, 1.54) is 19.9 Å². The van der Waals surface area contributed by atoms with Crippen LogP contribution in [0.2, 0.25) is 0 Å². The van der Waals surface area contributed by atoms with Gasteiger partial charge in [0.25, 0.3) is 0 Å². The van der Waals surface area contributed by atoms with Crippen molar-refractivity contribution in [1.29, 1.82) is 0 Å². The van der Waals surface area contributed by atoms with Gasteiger partial charge in [0.1, 0.15) is 12.3 Å². The minimum atomic E-state index is -3.94. The highest BCUT2D eigenvalue weighted by Gasteiger charge is 2.32. The maximum absolute atomic E-state index is 14.0. The third-order valence-corrected chi connectivity index (χ3v) is 6.54. The Morgan fingerprint density at radius 1 is 1.34 bits per heavy atom. The molecule has 154 valence electrons. The van der Waals surface area contributed by atoms with Crippen LogP contribution in [0.25, 0.3) is 10.8 Å². The molecule has 2 N–H and O–H groups in total. The van der Waals surface area contributed by atoms with Gasteiger partial charge >= 0.3 is 5.97 Å². The number of carbonyl (C=O) groups is 1. The van der Waals surface area contributed by atoms with E-state index in [1.54, 1.807) is 18.5 Å². The van der Waals surface area contributed by atoms with E-state index in [0.717, 1.165) is 5.56 Å². The summed E-state index contributed by atoms with van der Waals surface area (Å²) in [4.78, 5) is 15.6. The number of nitrogens with one attached hydrogen (secondary N) is 2. The van der Waals surface area contributed by atoms with Gasteiger partial charge in [0, 0.05) is 41.8 Å². The highest BCUT2D eigenvalue weighted by Crippen LogP contribution is 2.35. The van der Waals surface area contributed by atoms with Gasteiger partial charge in [0.2, 0.25) is 10.0 Å². The average Bonchev–Trinajstić information content (AvgIpc) is 3.22. The molecular formula is C20H22FN3O4S. The molecule has 1 unspecified atom stereocenters. The number of nitrogens with zero attached hydrogens (tertiary/aromatic N) is 1. The smallest absolute Gasteiger partial charge is 0.333 e. The number of esters is 1. The van der Waals surface area contributed by atoms with Crippen LogP contribution in [0.5, 0.6) is 0 Å². The molecule has 0 fully saturated rings. The molecule has 0 amide bonds. The van der Waals surface area contributed by atoms with Gasteiger partial charge in [-0.15, -0.1) is 0 Å². The van der Waals surface area contributed by atoms with Crippen molar-refractivity contribution >= 4 is 26.8 Å². The predicted octanol–water partition coefficient (Wildman–Crippen LogP) is 1.76. The van der Waals surface area contributed by atoms with E-state index < -0.39 is 15.7 Å². The van der Waals surface area contributed by atoms with Crippen LogP contribution in [0.1, 0.15) is 25.0 Å². The number of ether oxygens (including phenoxy) is 1.